The number of ketones is 1. The molecule has 0 aliphatic rings. The lowest BCUT2D eigenvalue weighted by Crippen LogP contribution is -2.06. The lowest BCUT2D eigenvalue weighted by atomic mass is 10.1. The van der Waals surface area contributed by atoms with Gasteiger partial charge in [-0.25, -0.2) is 4.98 Å². The van der Waals surface area contributed by atoms with E-state index in [0.29, 0.717) is 25.1 Å². The molecule has 2 rings (SSSR count). The number of hydrogen-bond acceptors (Lipinski definition) is 5. The topological polar surface area (TPSA) is 73.8 Å². The number of aromatic nitrogens is 3. The number of hydrogen-bond donors (Lipinski definition) is 1. The summed E-state index contributed by atoms with van der Waals surface area (Å²) < 4.78 is 1.79. The molecule has 0 atom stereocenters. The SMILES string of the molecule is Cn1nccc1CCC(=O)c1csc(CCN)n1. The zero-order chi connectivity index (χ0) is 13.0. The number of carbonyl (C=O) groups is 1. The lowest BCUT2D eigenvalue weighted by molar-refractivity contribution is 0.0978. The molecule has 0 aliphatic heterocycles. The monoisotopic (exact) mass is 264 g/mol. The molecule has 0 saturated heterocycles. The summed E-state index contributed by atoms with van der Waals surface area (Å²) in [6.07, 6.45) is 3.63. The normalized spacial score (nSPS) is 10.8. The van der Waals surface area contributed by atoms with Crippen molar-refractivity contribution in [1.29, 1.82) is 0 Å². The van der Waals surface area contributed by atoms with Crippen LogP contribution in [-0.2, 0) is 19.9 Å². The van der Waals surface area contributed by atoms with Gasteiger partial charge in [-0.3, -0.25) is 9.48 Å². The summed E-state index contributed by atoms with van der Waals surface area (Å²) in [6, 6.07) is 1.92. The summed E-state index contributed by atoms with van der Waals surface area (Å²) in [7, 11) is 1.88. The lowest BCUT2D eigenvalue weighted by Gasteiger charge is -2.00. The molecule has 0 spiro atoms. The molecule has 2 N–H and O–H groups in total. The first-order valence-corrected chi connectivity index (χ1v) is 6.73. The number of aryl methyl sites for hydroxylation is 2. The van der Waals surface area contributed by atoms with Crippen LogP contribution in [0.4, 0.5) is 0 Å². The Morgan fingerprint density at radius 3 is 3.00 bits per heavy atom. The summed E-state index contributed by atoms with van der Waals surface area (Å²) >= 11 is 1.50. The quantitative estimate of drug-likeness (QED) is 0.795. The Balaban J connectivity index is 1.93. The highest BCUT2D eigenvalue weighted by Gasteiger charge is 2.11. The number of thiazole rings is 1. The van der Waals surface area contributed by atoms with Crippen molar-refractivity contribution in [3.8, 4) is 0 Å². The second-order valence-electron chi connectivity index (χ2n) is 4.03. The van der Waals surface area contributed by atoms with E-state index in [2.05, 4.69) is 10.1 Å². The minimum absolute atomic E-state index is 0.0794. The Morgan fingerprint density at radius 1 is 1.50 bits per heavy atom. The molecular formula is C12H16N4OS. The van der Waals surface area contributed by atoms with Gasteiger partial charge in [0.15, 0.2) is 5.78 Å². The molecule has 0 unspecified atom stereocenters. The Bertz CT molecular complexity index is 532. The number of nitrogens with two attached hydrogens (primary N) is 1. The van der Waals surface area contributed by atoms with Gasteiger partial charge in [0, 0.05) is 37.2 Å². The Kier molecular flexibility index (Phi) is 4.22. The fraction of sp³-hybridized carbons (Fsp3) is 0.417. The number of carbonyl (C=O) groups excluding carboxylic acids is 1. The molecule has 2 aromatic rings. The smallest absolute Gasteiger partial charge is 0.182 e. The van der Waals surface area contributed by atoms with E-state index in [-0.39, 0.29) is 5.78 Å². The van der Waals surface area contributed by atoms with Gasteiger partial charge in [0.05, 0.1) is 5.01 Å². The van der Waals surface area contributed by atoms with Crippen LogP contribution in [0.2, 0.25) is 0 Å². The summed E-state index contributed by atoms with van der Waals surface area (Å²) in [6.45, 7) is 0.566. The Labute approximate surface area is 110 Å². The van der Waals surface area contributed by atoms with Gasteiger partial charge in [0.2, 0.25) is 0 Å². The molecular weight excluding hydrogens is 248 g/mol. The predicted octanol–water partition coefficient (Wildman–Crippen LogP) is 1.19. The molecule has 2 heterocycles. The third kappa shape index (κ3) is 3.02. The van der Waals surface area contributed by atoms with Gasteiger partial charge in [-0.2, -0.15) is 5.10 Å². The van der Waals surface area contributed by atoms with E-state index in [1.165, 1.54) is 11.3 Å². The first kappa shape index (κ1) is 12.9. The third-order valence-electron chi connectivity index (χ3n) is 2.73. The standard InChI is InChI=1S/C12H16N4OS/c1-16-9(5-7-14-16)2-3-11(17)10-8-18-12(15-10)4-6-13/h5,7-8H,2-4,6,13H2,1H3. The second kappa shape index (κ2) is 5.88. The maximum absolute atomic E-state index is 12.0. The molecule has 6 heteroatoms. The Morgan fingerprint density at radius 2 is 2.33 bits per heavy atom. The average molecular weight is 264 g/mol. The van der Waals surface area contributed by atoms with Gasteiger partial charge in [0.25, 0.3) is 0 Å². The van der Waals surface area contributed by atoms with Gasteiger partial charge in [-0.05, 0) is 19.0 Å². The first-order chi connectivity index (χ1) is 8.70. The number of nitrogens with zero attached hydrogens (tertiary/aromatic N) is 3. The van der Waals surface area contributed by atoms with Crippen molar-refractivity contribution in [2.45, 2.75) is 19.3 Å². The zero-order valence-corrected chi connectivity index (χ0v) is 11.1. The van der Waals surface area contributed by atoms with Gasteiger partial charge >= 0.3 is 0 Å². The van der Waals surface area contributed by atoms with Crippen LogP contribution in [0.5, 0.6) is 0 Å². The van der Waals surface area contributed by atoms with Crippen LogP contribution in [0.15, 0.2) is 17.6 Å². The molecule has 0 aliphatic carbocycles. The van der Waals surface area contributed by atoms with Gasteiger partial charge in [0.1, 0.15) is 5.69 Å². The highest BCUT2D eigenvalue weighted by atomic mass is 32.1. The Hall–Kier alpha value is -1.53. The second-order valence-corrected chi connectivity index (χ2v) is 4.98. The first-order valence-electron chi connectivity index (χ1n) is 5.85. The maximum Gasteiger partial charge on any atom is 0.182 e. The van der Waals surface area contributed by atoms with E-state index in [9.17, 15) is 4.79 Å². The van der Waals surface area contributed by atoms with E-state index < -0.39 is 0 Å². The molecule has 0 saturated carbocycles. The van der Waals surface area contributed by atoms with E-state index in [1.54, 1.807) is 10.9 Å². The average Bonchev–Trinajstić information content (AvgIpc) is 2.96. The molecule has 2 aromatic heterocycles. The maximum atomic E-state index is 12.0. The molecule has 96 valence electrons. The van der Waals surface area contributed by atoms with Gasteiger partial charge < -0.3 is 5.73 Å². The summed E-state index contributed by atoms with van der Waals surface area (Å²) in [4.78, 5) is 16.2. The van der Waals surface area contributed by atoms with Gasteiger partial charge in [-0.1, -0.05) is 0 Å². The predicted molar refractivity (Wildman–Crippen MR) is 70.7 cm³/mol. The van der Waals surface area contributed by atoms with E-state index in [4.69, 9.17) is 5.73 Å². The van der Waals surface area contributed by atoms with Crippen molar-refractivity contribution < 1.29 is 4.79 Å². The van der Waals surface area contributed by atoms with Crippen LogP contribution < -0.4 is 5.73 Å². The molecule has 0 bridgehead atoms. The van der Waals surface area contributed by atoms with Crippen LogP contribution in [0.3, 0.4) is 0 Å². The van der Waals surface area contributed by atoms with Crippen molar-refractivity contribution in [1.82, 2.24) is 14.8 Å². The van der Waals surface area contributed by atoms with Crippen LogP contribution in [0.1, 0.15) is 27.6 Å². The number of rotatable bonds is 6. The van der Waals surface area contributed by atoms with Crippen molar-refractivity contribution in [3.05, 3.63) is 34.0 Å². The summed E-state index contributed by atoms with van der Waals surface area (Å²) in [5.74, 6) is 0.0794. The largest absolute Gasteiger partial charge is 0.330 e. The minimum atomic E-state index is 0.0794. The summed E-state index contributed by atoms with van der Waals surface area (Å²) in [5.41, 5.74) is 7.07. The van der Waals surface area contributed by atoms with E-state index in [1.807, 2.05) is 18.5 Å². The van der Waals surface area contributed by atoms with Crippen LogP contribution >= 0.6 is 11.3 Å². The zero-order valence-electron chi connectivity index (χ0n) is 10.3. The highest BCUT2D eigenvalue weighted by molar-refractivity contribution is 7.09. The fourth-order valence-corrected chi connectivity index (χ4v) is 2.51. The highest BCUT2D eigenvalue weighted by Crippen LogP contribution is 2.13. The number of Topliss-reactive ketones (excluding diaryl/α,β-unsaturated/α-hetero) is 1. The molecule has 0 aromatic carbocycles. The molecule has 0 amide bonds. The molecule has 5 nitrogen and oxygen atoms in total. The van der Waals surface area contributed by atoms with E-state index in [0.717, 1.165) is 17.1 Å². The van der Waals surface area contributed by atoms with Crippen molar-refractivity contribution in [2.24, 2.45) is 12.8 Å². The fourth-order valence-electron chi connectivity index (χ4n) is 1.69. The van der Waals surface area contributed by atoms with Crippen molar-refractivity contribution >= 4 is 17.1 Å². The van der Waals surface area contributed by atoms with Crippen molar-refractivity contribution in [2.75, 3.05) is 6.54 Å². The van der Waals surface area contributed by atoms with Crippen LogP contribution in [-0.4, -0.2) is 27.1 Å². The van der Waals surface area contributed by atoms with Crippen LogP contribution in [0, 0.1) is 0 Å². The summed E-state index contributed by atoms with van der Waals surface area (Å²) in [5, 5.41) is 6.82. The van der Waals surface area contributed by atoms with Crippen molar-refractivity contribution in [3.63, 3.8) is 0 Å². The van der Waals surface area contributed by atoms with Crippen LogP contribution in [0.25, 0.3) is 0 Å². The van der Waals surface area contributed by atoms with Gasteiger partial charge in [-0.15, -0.1) is 11.3 Å². The molecule has 0 fully saturated rings. The molecule has 18 heavy (non-hydrogen) atoms. The van der Waals surface area contributed by atoms with E-state index >= 15 is 0 Å². The molecule has 0 radical (unpaired) electrons. The third-order valence-corrected chi connectivity index (χ3v) is 3.63. The minimum Gasteiger partial charge on any atom is -0.330 e.